The third-order valence-corrected chi connectivity index (χ3v) is 5.68. The summed E-state index contributed by atoms with van der Waals surface area (Å²) >= 11 is 1.85. The predicted octanol–water partition coefficient (Wildman–Crippen LogP) is 6.63. The van der Waals surface area contributed by atoms with Crippen LogP contribution in [-0.4, -0.2) is 7.11 Å². The first-order valence-corrected chi connectivity index (χ1v) is 8.90. The van der Waals surface area contributed by atoms with Crippen LogP contribution in [0.15, 0.2) is 60.7 Å². The highest BCUT2D eigenvalue weighted by Gasteiger charge is 2.20. The molecule has 4 rings (SSSR count). The zero-order valence-electron chi connectivity index (χ0n) is 14.1. The standard InChI is InChI=1S/C22H19OS/c1-14-12-16(23-3)13-15(2)21(14)22-17-8-4-6-10-19(17)24-20-11-7-5-9-18(20)22/h4-13H,1-3H3/q+1. The summed E-state index contributed by atoms with van der Waals surface area (Å²) in [7, 11) is 1.73. The second kappa shape index (κ2) is 5.88. The van der Waals surface area contributed by atoms with Gasteiger partial charge in [0.05, 0.1) is 7.11 Å². The molecule has 0 spiro atoms. The van der Waals surface area contributed by atoms with Crippen molar-refractivity contribution in [3.63, 3.8) is 0 Å². The van der Waals surface area contributed by atoms with Gasteiger partial charge in [-0.25, -0.2) is 0 Å². The van der Waals surface area contributed by atoms with Crippen molar-refractivity contribution < 1.29 is 4.74 Å². The molecule has 3 aromatic carbocycles. The van der Waals surface area contributed by atoms with Crippen molar-refractivity contribution in [2.45, 2.75) is 13.8 Å². The molecule has 2 heteroatoms. The molecule has 4 aromatic rings. The molecular formula is C22H19OS+. The van der Waals surface area contributed by atoms with Crippen LogP contribution in [0.3, 0.4) is 0 Å². The molecule has 1 nitrogen and oxygen atoms in total. The maximum absolute atomic E-state index is 5.44. The van der Waals surface area contributed by atoms with Gasteiger partial charge in [-0.1, -0.05) is 24.3 Å². The van der Waals surface area contributed by atoms with Crippen LogP contribution < -0.4 is 4.74 Å². The van der Waals surface area contributed by atoms with E-state index in [-0.39, 0.29) is 0 Å². The molecule has 0 aliphatic rings. The average Bonchev–Trinajstić information content (AvgIpc) is 2.60. The molecule has 0 atom stereocenters. The summed E-state index contributed by atoms with van der Waals surface area (Å²) in [5.74, 6) is 0.918. The Balaban J connectivity index is 2.19. The SMILES string of the molecule is COc1cc(C)c(-c2c3ccccc3[s+]c3ccccc23)c(C)c1. The van der Waals surface area contributed by atoms with E-state index in [0.717, 1.165) is 5.75 Å². The summed E-state index contributed by atoms with van der Waals surface area (Å²) in [5.41, 5.74) is 5.14. The highest BCUT2D eigenvalue weighted by atomic mass is 32.1. The highest BCUT2D eigenvalue weighted by molar-refractivity contribution is 7.24. The van der Waals surface area contributed by atoms with Crippen LogP contribution >= 0.6 is 11.3 Å². The number of hydrogen-bond acceptors (Lipinski definition) is 1. The van der Waals surface area contributed by atoms with Gasteiger partial charge in [0.2, 0.25) is 20.7 Å². The average molecular weight is 331 g/mol. The van der Waals surface area contributed by atoms with Crippen molar-refractivity contribution >= 4 is 31.5 Å². The van der Waals surface area contributed by atoms with Crippen molar-refractivity contribution in [3.8, 4) is 16.9 Å². The Morgan fingerprint density at radius 2 is 1.21 bits per heavy atom. The minimum Gasteiger partial charge on any atom is -0.497 e. The minimum atomic E-state index is 0.918. The summed E-state index contributed by atoms with van der Waals surface area (Å²) in [6.45, 7) is 4.34. The molecular weight excluding hydrogens is 312 g/mol. The van der Waals surface area contributed by atoms with Crippen molar-refractivity contribution in [2.75, 3.05) is 7.11 Å². The number of aryl methyl sites for hydroxylation is 2. The Morgan fingerprint density at radius 3 is 1.71 bits per heavy atom. The zero-order valence-corrected chi connectivity index (χ0v) is 14.9. The fourth-order valence-electron chi connectivity index (χ4n) is 3.49. The number of fused-ring (bicyclic) bond motifs is 2. The van der Waals surface area contributed by atoms with Crippen molar-refractivity contribution in [1.29, 1.82) is 0 Å². The first-order chi connectivity index (χ1) is 11.7. The largest absolute Gasteiger partial charge is 0.497 e. The highest BCUT2D eigenvalue weighted by Crippen LogP contribution is 2.42. The molecule has 0 aliphatic carbocycles. The number of methoxy groups -OCH3 is 1. The van der Waals surface area contributed by atoms with Crippen LogP contribution in [-0.2, 0) is 0 Å². The maximum atomic E-state index is 5.44. The molecule has 1 aromatic heterocycles. The van der Waals surface area contributed by atoms with Gasteiger partial charge in [0.15, 0.2) is 0 Å². The van der Waals surface area contributed by atoms with Crippen molar-refractivity contribution in [3.05, 3.63) is 71.8 Å². The number of rotatable bonds is 2. The molecule has 0 saturated carbocycles. The van der Waals surface area contributed by atoms with Crippen molar-refractivity contribution in [2.24, 2.45) is 0 Å². The minimum absolute atomic E-state index is 0.918. The van der Waals surface area contributed by atoms with Crippen LogP contribution in [0.4, 0.5) is 0 Å². The van der Waals surface area contributed by atoms with Gasteiger partial charge in [-0.2, -0.15) is 0 Å². The first-order valence-electron chi connectivity index (χ1n) is 8.08. The quantitative estimate of drug-likeness (QED) is 0.296. The fraction of sp³-hybridized carbons (Fsp3) is 0.136. The third kappa shape index (κ3) is 2.35. The summed E-state index contributed by atoms with van der Waals surface area (Å²) in [6, 6.07) is 21.6. The molecule has 0 unspecified atom stereocenters. The Kier molecular flexibility index (Phi) is 3.70. The van der Waals surface area contributed by atoms with E-state index in [0.29, 0.717) is 0 Å². The lowest BCUT2D eigenvalue weighted by Crippen LogP contribution is -1.93. The van der Waals surface area contributed by atoms with E-state index in [4.69, 9.17) is 4.74 Å². The molecule has 1 heterocycles. The Bertz CT molecular complexity index is 989. The molecule has 0 N–H and O–H groups in total. The van der Waals surface area contributed by atoms with Crippen LogP contribution in [0, 0.1) is 13.8 Å². The van der Waals surface area contributed by atoms with Crippen LogP contribution in [0.5, 0.6) is 5.75 Å². The van der Waals surface area contributed by atoms with Gasteiger partial charge in [-0.05, 0) is 54.8 Å². The normalized spacial score (nSPS) is 11.1. The molecule has 0 amide bonds. The molecule has 118 valence electrons. The second-order valence-corrected chi connectivity index (χ2v) is 7.19. The molecule has 0 radical (unpaired) electrons. The topological polar surface area (TPSA) is 9.23 Å². The van der Waals surface area contributed by atoms with Crippen LogP contribution in [0.1, 0.15) is 11.1 Å². The summed E-state index contributed by atoms with van der Waals surface area (Å²) in [4.78, 5) is 0. The Hall–Kier alpha value is -2.45. The smallest absolute Gasteiger partial charge is 0.239 e. The first kappa shape index (κ1) is 15.1. The van der Waals surface area contributed by atoms with Gasteiger partial charge in [0.25, 0.3) is 0 Å². The van der Waals surface area contributed by atoms with Crippen molar-refractivity contribution in [1.82, 2.24) is 0 Å². The maximum Gasteiger partial charge on any atom is 0.239 e. The lowest BCUT2D eigenvalue weighted by molar-refractivity contribution is 0.414. The van der Waals surface area contributed by atoms with E-state index in [2.05, 4.69) is 74.5 Å². The van der Waals surface area contributed by atoms with E-state index < -0.39 is 0 Å². The second-order valence-electron chi connectivity index (χ2n) is 6.11. The monoisotopic (exact) mass is 331 g/mol. The van der Waals surface area contributed by atoms with E-state index in [1.165, 1.54) is 42.4 Å². The summed E-state index contributed by atoms with van der Waals surface area (Å²) in [6.07, 6.45) is 0. The lowest BCUT2D eigenvalue weighted by Gasteiger charge is -2.14. The van der Waals surface area contributed by atoms with E-state index in [1.807, 2.05) is 11.3 Å². The Morgan fingerprint density at radius 1 is 0.708 bits per heavy atom. The van der Waals surface area contributed by atoms with Gasteiger partial charge < -0.3 is 4.74 Å². The molecule has 0 bridgehead atoms. The molecule has 0 fully saturated rings. The number of hydrogen-bond donors (Lipinski definition) is 0. The van der Waals surface area contributed by atoms with Gasteiger partial charge in [0, 0.05) is 28.5 Å². The van der Waals surface area contributed by atoms with E-state index >= 15 is 0 Å². The predicted molar refractivity (Wildman–Crippen MR) is 105 cm³/mol. The Labute approximate surface area is 146 Å². The third-order valence-electron chi connectivity index (χ3n) is 4.52. The van der Waals surface area contributed by atoms with Gasteiger partial charge >= 0.3 is 0 Å². The van der Waals surface area contributed by atoms with Gasteiger partial charge in [-0.3, -0.25) is 0 Å². The molecule has 0 aliphatic heterocycles. The summed E-state index contributed by atoms with van der Waals surface area (Å²) in [5, 5.41) is 2.63. The number of ether oxygens (including phenoxy) is 1. The zero-order chi connectivity index (χ0) is 16.7. The molecule has 0 saturated heterocycles. The summed E-state index contributed by atoms with van der Waals surface area (Å²) < 4.78 is 8.08. The van der Waals surface area contributed by atoms with Gasteiger partial charge in [-0.15, -0.1) is 0 Å². The van der Waals surface area contributed by atoms with E-state index in [1.54, 1.807) is 7.11 Å². The molecule has 24 heavy (non-hydrogen) atoms. The fourth-order valence-corrected chi connectivity index (χ4v) is 4.58. The number of benzene rings is 3. The van der Waals surface area contributed by atoms with Crippen LogP contribution in [0.25, 0.3) is 31.3 Å². The van der Waals surface area contributed by atoms with Crippen LogP contribution in [0.2, 0.25) is 0 Å². The van der Waals surface area contributed by atoms with E-state index in [9.17, 15) is 0 Å². The lowest BCUT2D eigenvalue weighted by atomic mass is 9.91. The van der Waals surface area contributed by atoms with Gasteiger partial charge in [0.1, 0.15) is 5.75 Å².